The highest BCUT2D eigenvalue weighted by atomic mass is 35.5. The summed E-state index contributed by atoms with van der Waals surface area (Å²) < 4.78 is 1.55. The first-order chi connectivity index (χ1) is 14.5. The molecule has 0 spiro atoms. The third-order valence-electron chi connectivity index (χ3n) is 5.12. The molecule has 3 rings (SSSR count). The monoisotopic (exact) mass is 449 g/mol. The lowest BCUT2D eigenvalue weighted by Crippen LogP contribution is -2.31. The molecule has 0 bridgehead atoms. The highest BCUT2D eigenvalue weighted by Crippen LogP contribution is 2.22. The lowest BCUT2D eigenvalue weighted by molar-refractivity contribution is 0.581. The third-order valence-corrected chi connectivity index (χ3v) is 5.74. The Morgan fingerprint density at radius 2 is 2.03 bits per heavy atom. The number of hydrogen-bond acceptors (Lipinski definition) is 5. The van der Waals surface area contributed by atoms with Crippen molar-refractivity contribution >= 4 is 29.0 Å². The molecule has 0 aromatic carbocycles. The highest BCUT2D eigenvalue weighted by Gasteiger charge is 2.10. The van der Waals surface area contributed by atoms with Crippen molar-refractivity contribution < 1.29 is 0 Å². The Balaban J connectivity index is 1.45. The van der Waals surface area contributed by atoms with E-state index in [9.17, 15) is 4.79 Å². The van der Waals surface area contributed by atoms with E-state index in [0.717, 1.165) is 43.0 Å². The first kappa shape index (κ1) is 22.7. The summed E-state index contributed by atoms with van der Waals surface area (Å²) in [5.41, 5.74) is 2.34. The maximum atomic E-state index is 12.7. The van der Waals surface area contributed by atoms with E-state index in [1.165, 1.54) is 11.8 Å². The fourth-order valence-corrected chi connectivity index (χ4v) is 3.79. The minimum Gasteiger partial charge on any atom is -0.382 e. The molecular formula is C22H29Cl2N5O. The van der Waals surface area contributed by atoms with Gasteiger partial charge in [-0.05, 0) is 44.9 Å². The SMILES string of the molecule is CC1C=CC=C(CCNc2ncc(Cl)n(CCNCCC3=CC=C(Cl)CC3)c2=O)N1. The van der Waals surface area contributed by atoms with Gasteiger partial charge in [0, 0.05) is 42.8 Å². The summed E-state index contributed by atoms with van der Waals surface area (Å²) in [5, 5.41) is 11.2. The van der Waals surface area contributed by atoms with Crippen LogP contribution in [0.2, 0.25) is 5.15 Å². The van der Waals surface area contributed by atoms with Crippen LogP contribution in [0, 0.1) is 0 Å². The number of dihydropyridines is 1. The van der Waals surface area contributed by atoms with Gasteiger partial charge >= 0.3 is 0 Å². The van der Waals surface area contributed by atoms with Gasteiger partial charge in [0.25, 0.3) is 5.56 Å². The Labute approximate surface area is 187 Å². The fraction of sp³-hybridized carbons (Fsp3) is 0.455. The van der Waals surface area contributed by atoms with Gasteiger partial charge in [-0.15, -0.1) is 0 Å². The molecule has 1 aliphatic heterocycles. The Morgan fingerprint density at radius 1 is 1.17 bits per heavy atom. The van der Waals surface area contributed by atoms with E-state index in [4.69, 9.17) is 23.2 Å². The second-order valence-electron chi connectivity index (χ2n) is 7.51. The molecule has 0 radical (unpaired) electrons. The maximum Gasteiger partial charge on any atom is 0.294 e. The average Bonchev–Trinajstić information content (AvgIpc) is 2.73. The summed E-state index contributed by atoms with van der Waals surface area (Å²) >= 11 is 12.2. The van der Waals surface area contributed by atoms with Gasteiger partial charge in [-0.1, -0.05) is 47.0 Å². The van der Waals surface area contributed by atoms with Crippen LogP contribution >= 0.6 is 23.2 Å². The van der Waals surface area contributed by atoms with Gasteiger partial charge in [0.15, 0.2) is 5.82 Å². The molecule has 1 aromatic heterocycles. The Morgan fingerprint density at radius 3 is 2.80 bits per heavy atom. The molecule has 162 valence electrons. The highest BCUT2D eigenvalue weighted by molar-refractivity contribution is 6.29. The van der Waals surface area contributed by atoms with Gasteiger partial charge in [-0.2, -0.15) is 0 Å². The number of anilines is 1. The van der Waals surface area contributed by atoms with E-state index >= 15 is 0 Å². The second-order valence-corrected chi connectivity index (χ2v) is 8.38. The molecule has 8 heteroatoms. The van der Waals surface area contributed by atoms with Gasteiger partial charge in [0.2, 0.25) is 0 Å². The van der Waals surface area contributed by atoms with Crippen LogP contribution in [0.5, 0.6) is 0 Å². The van der Waals surface area contributed by atoms with Gasteiger partial charge < -0.3 is 16.0 Å². The van der Waals surface area contributed by atoms with Crippen molar-refractivity contribution in [1.82, 2.24) is 20.2 Å². The van der Waals surface area contributed by atoms with Crippen molar-refractivity contribution in [2.45, 2.75) is 45.2 Å². The summed E-state index contributed by atoms with van der Waals surface area (Å²) in [7, 11) is 0. The molecule has 2 heterocycles. The quantitative estimate of drug-likeness (QED) is 0.471. The van der Waals surface area contributed by atoms with Crippen molar-refractivity contribution in [3.63, 3.8) is 0 Å². The molecule has 2 aliphatic rings. The normalized spacial score (nSPS) is 18.4. The molecule has 0 fully saturated rings. The van der Waals surface area contributed by atoms with Gasteiger partial charge in [-0.25, -0.2) is 4.98 Å². The zero-order chi connectivity index (χ0) is 21.3. The molecular weight excluding hydrogens is 421 g/mol. The number of nitrogens with one attached hydrogen (secondary N) is 3. The van der Waals surface area contributed by atoms with Crippen molar-refractivity contribution in [2.24, 2.45) is 0 Å². The van der Waals surface area contributed by atoms with Crippen molar-refractivity contribution in [1.29, 1.82) is 0 Å². The van der Waals surface area contributed by atoms with Crippen LogP contribution in [0.3, 0.4) is 0 Å². The minimum atomic E-state index is -0.196. The molecule has 0 saturated carbocycles. The van der Waals surface area contributed by atoms with Crippen LogP contribution in [0.25, 0.3) is 0 Å². The number of aromatic nitrogens is 2. The van der Waals surface area contributed by atoms with E-state index in [-0.39, 0.29) is 5.56 Å². The van der Waals surface area contributed by atoms with Crippen LogP contribution in [-0.2, 0) is 6.54 Å². The lowest BCUT2D eigenvalue weighted by atomic mass is 10.0. The first-order valence-corrected chi connectivity index (χ1v) is 11.2. The predicted molar refractivity (Wildman–Crippen MR) is 125 cm³/mol. The van der Waals surface area contributed by atoms with Gasteiger partial charge in [0.1, 0.15) is 5.15 Å². The Kier molecular flexibility index (Phi) is 8.61. The van der Waals surface area contributed by atoms with E-state index in [0.29, 0.717) is 36.6 Å². The number of halogens is 2. The summed E-state index contributed by atoms with van der Waals surface area (Å²) in [4.78, 5) is 16.9. The molecule has 1 aliphatic carbocycles. The summed E-state index contributed by atoms with van der Waals surface area (Å²) in [5.74, 6) is 0.329. The summed E-state index contributed by atoms with van der Waals surface area (Å²) in [6.45, 7) is 4.73. The summed E-state index contributed by atoms with van der Waals surface area (Å²) in [6.07, 6.45) is 15.5. The van der Waals surface area contributed by atoms with Crippen LogP contribution in [0.1, 0.15) is 32.6 Å². The lowest BCUT2D eigenvalue weighted by Gasteiger charge is -2.18. The topological polar surface area (TPSA) is 71.0 Å². The molecule has 1 unspecified atom stereocenters. The molecule has 0 amide bonds. The van der Waals surface area contributed by atoms with Gasteiger partial charge in [0.05, 0.1) is 6.20 Å². The molecule has 0 saturated heterocycles. The van der Waals surface area contributed by atoms with E-state index in [1.54, 1.807) is 4.57 Å². The molecule has 1 atom stereocenters. The largest absolute Gasteiger partial charge is 0.382 e. The maximum absolute atomic E-state index is 12.7. The van der Waals surface area contributed by atoms with E-state index in [1.807, 2.05) is 12.2 Å². The van der Waals surface area contributed by atoms with Crippen molar-refractivity contribution in [3.05, 3.63) is 68.4 Å². The first-order valence-electron chi connectivity index (χ1n) is 10.4. The van der Waals surface area contributed by atoms with Crippen LogP contribution in [0.15, 0.2) is 57.7 Å². The van der Waals surface area contributed by atoms with Crippen LogP contribution < -0.4 is 21.5 Å². The molecule has 3 N–H and O–H groups in total. The fourth-order valence-electron chi connectivity index (χ4n) is 3.42. The average molecular weight is 450 g/mol. The second kappa shape index (κ2) is 11.4. The van der Waals surface area contributed by atoms with Crippen LogP contribution in [-0.4, -0.2) is 35.2 Å². The predicted octanol–water partition coefficient (Wildman–Crippen LogP) is 3.95. The number of allylic oxidation sites excluding steroid dienone is 5. The number of rotatable bonds is 10. The standard InChI is InChI=1S/C22H29Cl2N5O/c1-16-3-2-4-19(28-16)10-12-26-21-22(30)29(20(24)15-27-21)14-13-25-11-9-17-5-7-18(23)8-6-17/h2-5,7,15-16,25,28H,6,8-14H2,1H3,(H,26,27). The molecule has 6 nitrogen and oxygen atoms in total. The van der Waals surface area contributed by atoms with Crippen LogP contribution in [0.4, 0.5) is 5.82 Å². The number of hydrogen-bond donors (Lipinski definition) is 3. The molecule has 1 aromatic rings. The van der Waals surface area contributed by atoms with Crippen molar-refractivity contribution in [3.8, 4) is 0 Å². The smallest absolute Gasteiger partial charge is 0.294 e. The Hall–Kier alpha value is -2.02. The third kappa shape index (κ3) is 6.76. The van der Waals surface area contributed by atoms with Gasteiger partial charge in [-0.3, -0.25) is 9.36 Å². The zero-order valence-electron chi connectivity index (χ0n) is 17.3. The number of nitrogens with zero attached hydrogens (tertiary/aromatic N) is 2. The van der Waals surface area contributed by atoms with Crippen molar-refractivity contribution in [2.75, 3.05) is 25.0 Å². The minimum absolute atomic E-state index is 0.196. The van der Waals surface area contributed by atoms with E-state index < -0.39 is 0 Å². The zero-order valence-corrected chi connectivity index (χ0v) is 18.8. The van der Waals surface area contributed by atoms with E-state index in [2.05, 4.69) is 46.1 Å². The molecule has 30 heavy (non-hydrogen) atoms. The summed E-state index contributed by atoms with van der Waals surface area (Å²) in [6, 6.07) is 0.326. The Bertz CT molecular complexity index is 917.